The van der Waals surface area contributed by atoms with E-state index in [1.54, 1.807) is 0 Å². The molecule has 0 radical (unpaired) electrons. The van der Waals surface area contributed by atoms with Crippen molar-refractivity contribution in [2.24, 2.45) is 5.92 Å². The Morgan fingerprint density at radius 1 is 1.32 bits per heavy atom. The molecule has 0 aromatic carbocycles. The third-order valence-corrected chi connectivity index (χ3v) is 4.38. The van der Waals surface area contributed by atoms with Crippen LogP contribution in [0.5, 0.6) is 0 Å². The summed E-state index contributed by atoms with van der Waals surface area (Å²) in [6.07, 6.45) is 7.65. The molecule has 0 aromatic rings. The molecule has 2 aliphatic rings. The number of carbonyl (C=O) groups excluding carboxylic acids is 1. The van der Waals surface area contributed by atoms with Crippen LogP contribution in [-0.4, -0.2) is 42.8 Å². The van der Waals surface area contributed by atoms with Crippen LogP contribution in [0.3, 0.4) is 0 Å². The summed E-state index contributed by atoms with van der Waals surface area (Å²) in [5.41, 5.74) is 0. The highest BCUT2D eigenvalue weighted by atomic mass is 16.5. The monoisotopic (exact) mass is 268 g/mol. The molecule has 1 saturated carbocycles. The first-order chi connectivity index (χ1) is 9.24. The van der Waals surface area contributed by atoms with E-state index in [0.717, 1.165) is 26.0 Å². The van der Waals surface area contributed by atoms with Crippen LogP contribution < -0.4 is 5.32 Å². The number of ether oxygens (including phenoxy) is 1. The predicted molar refractivity (Wildman–Crippen MR) is 75.8 cm³/mol. The minimum atomic E-state index is -0.0266. The molecule has 2 atom stereocenters. The lowest BCUT2D eigenvalue weighted by molar-refractivity contribution is -0.131. The molecule has 2 unspecified atom stereocenters. The van der Waals surface area contributed by atoms with Crippen molar-refractivity contribution in [3.63, 3.8) is 0 Å². The number of carbonyl (C=O) groups is 1. The van der Waals surface area contributed by atoms with Crippen molar-refractivity contribution in [3.05, 3.63) is 0 Å². The van der Waals surface area contributed by atoms with Gasteiger partial charge in [-0.3, -0.25) is 10.1 Å². The first kappa shape index (κ1) is 14.8. The maximum Gasteiger partial charge on any atom is 0.240 e. The van der Waals surface area contributed by atoms with Crippen molar-refractivity contribution < 1.29 is 9.53 Å². The highest BCUT2D eigenvalue weighted by Gasteiger charge is 2.40. The smallest absolute Gasteiger partial charge is 0.240 e. The Kier molecular flexibility index (Phi) is 5.64. The van der Waals surface area contributed by atoms with Crippen molar-refractivity contribution in [1.82, 2.24) is 10.2 Å². The average Bonchev–Trinajstić information content (AvgIpc) is 3.01. The third-order valence-electron chi connectivity index (χ3n) is 4.38. The summed E-state index contributed by atoms with van der Waals surface area (Å²) in [7, 11) is 0. The number of hydrogen-bond donors (Lipinski definition) is 1. The molecule has 1 amide bonds. The topological polar surface area (TPSA) is 41.6 Å². The van der Waals surface area contributed by atoms with Crippen molar-refractivity contribution in [1.29, 1.82) is 0 Å². The van der Waals surface area contributed by atoms with Crippen molar-refractivity contribution in [3.8, 4) is 0 Å². The minimum absolute atomic E-state index is 0.0266. The molecule has 1 aliphatic carbocycles. The van der Waals surface area contributed by atoms with E-state index in [1.807, 2.05) is 11.8 Å². The first-order valence-electron chi connectivity index (χ1n) is 7.88. The predicted octanol–water partition coefficient (Wildman–Crippen LogP) is 2.14. The average molecular weight is 268 g/mol. The molecule has 2 fully saturated rings. The number of hydrogen-bond acceptors (Lipinski definition) is 3. The van der Waals surface area contributed by atoms with E-state index in [0.29, 0.717) is 12.5 Å². The van der Waals surface area contributed by atoms with Gasteiger partial charge < -0.3 is 9.64 Å². The standard InChI is InChI=1S/C15H28N2O2/c1-3-4-10-19-11-9-17-14(13-7-5-6-8-13)16-12(2)15(17)18/h12-14,16H,3-11H2,1-2H3. The summed E-state index contributed by atoms with van der Waals surface area (Å²) < 4.78 is 5.61. The summed E-state index contributed by atoms with van der Waals surface area (Å²) in [5.74, 6) is 0.889. The van der Waals surface area contributed by atoms with E-state index in [2.05, 4.69) is 12.2 Å². The van der Waals surface area contributed by atoms with Gasteiger partial charge in [-0.2, -0.15) is 0 Å². The van der Waals surface area contributed by atoms with Crippen LogP contribution in [0.15, 0.2) is 0 Å². The molecule has 0 aromatic heterocycles. The minimum Gasteiger partial charge on any atom is -0.380 e. The summed E-state index contributed by atoms with van der Waals surface area (Å²) in [6.45, 7) is 6.36. The van der Waals surface area contributed by atoms with E-state index in [9.17, 15) is 4.79 Å². The van der Waals surface area contributed by atoms with Gasteiger partial charge in [-0.05, 0) is 32.1 Å². The lowest BCUT2D eigenvalue weighted by atomic mass is 10.0. The van der Waals surface area contributed by atoms with E-state index >= 15 is 0 Å². The molecule has 2 rings (SSSR count). The van der Waals surface area contributed by atoms with Gasteiger partial charge in [-0.15, -0.1) is 0 Å². The Morgan fingerprint density at radius 2 is 2.05 bits per heavy atom. The van der Waals surface area contributed by atoms with Gasteiger partial charge in [0, 0.05) is 13.2 Å². The lowest BCUT2D eigenvalue weighted by Gasteiger charge is -2.28. The van der Waals surface area contributed by atoms with Crippen LogP contribution >= 0.6 is 0 Å². The fourth-order valence-corrected chi connectivity index (χ4v) is 3.23. The van der Waals surface area contributed by atoms with Crippen molar-refractivity contribution in [2.45, 2.75) is 64.6 Å². The maximum absolute atomic E-state index is 12.2. The second kappa shape index (κ2) is 7.25. The molecule has 1 heterocycles. The molecule has 0 spiro atoms. The van der Waals surface area contributed by atoms with Gasteiger partial charge in [-0.25, -0.2) is 0 Å². The quantitative estimate of drug-likeness (QED) is 0.719. The van der Waals surface area contributed by atoms with E-state index in [-0.39, 0.29) is 18.1 Å². The Labute approximate surface area is 116 Å². The van der Waals surface area contributed by atoms with Crippen LogP contribution in [0.4, 0.5) is 0 Å². The molecule has 1 N–H and O–H groups in total. The Bertz CT molecular complexity index is 290. The van der Waals surface area contributed by atoms with Crippen LogP contribution in [0.2, 0.25) is 0 Å². The Morgan fingerprint density at radius 3 is 2.74 bits per heavy atom. The molecule has 0 bridgehead atoms. The largest absolute Gasteiger partial charge is 0.380 e. The fourth-order valence-electron chi connectivity index (χ4n) is 3.23. The molecule has 4 nitrogen and oxygen atoms in total. The zero-order valence-corrected chi connectivity index (χ0v) is 12.4. The summed E-state index contributed by atoms with van der Waals surface area (Å²) in [5, 5.41) is 3.47. The number of rotatable bonds is 7. The number of amides is 1. The van der Waals surface area contributed by atoms with E-state index in [1.165, 1.54) is 25.7 Å². The molecular formula is C15H28N2O2. The molecule has 1 aliphatic heterocycles. The zero-order valence-electron chi connectivity index (χ0n) is 12.4. The number of nitrogens with zero attached hydrogens (tertiary/aromatic N) is 1. The lowest BCUT2D eigenvalue weighted by Crippen LogP contribution is -2.44. The van der Waals surface area contributed by atoms with Gasteiger partial charge in [0.05, 0.1) is 18.8 Å². The van der Waals surface area contributed by atoms with Crippen molar-refractivity contribution in [2.75, 3.05) is 19.8 Å². The Balaban J connectivity index is 1.81. The van der Waals surface area contributed by atoms with Crippen LogP contribution in [0.25, 0.3) is 0 Å². The first-order valence-corrected chi connectivity index (χ1v) is 7.88. The molecule has 110 valence electrons. The van der Waals surface area contributed by atoms with Gasteiger partial charge in [0.15, 0.2) is 0 Å². The molecule has 19 heavy (non-hydrogen) atoms. The Hall–Kier alpha value is -0.610. The van der Waals surface area contributed by atoms with Gasteiger partial charge in [0.1, 0.15) is 0 Å². The van der Waals surface area contributed by atoms with Gasteiger partial charge in [-0.1, -0.05) is 26.2 Å². The summed E-state index contributed by atoms with van der Waals surface area (Å²) in [6, 6.07) is -0.0266. The van der Waals surface area contributed by atoms with Crippen LogP contribution in [0.1, 0.15) is 52.4 Å². The molecular weight excluding hydrogens is 240 g/mol. The molecule has 4 heteroatoms. The van der Waals surface area contributed by atoms with E-state index in [4.69, 9.17) is 4.74 Å². The highest BCUT2D eigenvalue weighted by Crippen LogP contribution is 2.31. The number of unbranched alkanes of at least 4 members (excludes halogenated alkanes) is 1. The van der Waals surface area contributed by atoms with Gasteiger partial charge >= 0.3 is 0 Å². The SMILES string of the molecule is CCCCOCCN1C(=O)C(C)NC1C1CCCC1. The zero-order chi connectivity index (χ0) is 13.7. The van der Waals surface area contributed by atoms with Gasteiger partial charge in [0.2, 0.25) is 5.91 Å². The maximum atomic E-state index is 12.2. The van der Waals surface area contributed by atoms with Gasteiger partial charge in [0.25, 0.3) is 0 Å². The molecule has 1 saturated heterocycles. The second-order valence-corrected chi connectivity index (χ2v) is 5.88. The highest BCUT2D eigenvalue weighted by molar-refractivity contribution is 5.83. The van der Waals surface area contributed by atoms with E-state index < -0.39 is 0 Å². The second-order valence-electron chi connectivity index (χ2n) is 5.88. The van der Waals surface area contributed by atoms with Crippen LogP contribution in [-0.2, 0) is 9.53 Å². The normalized spacial score (nSPS) is 28.5. The number of nitrogens with one attached hydrogen (secondary N) is 1. The fraction of sp³-hybridized carbons (Fsp3) is 0.933. The van der Waals surface area contributed by atoms with Crippen LogP contribution in [0, 0.1) is 5.92 Å². The third kappa shape index (κ3) is 3.69. The summed E-state index contributed by atoms with van der Waals surface area (Å²) in [4.78, 5) is 14.2. The summed E-state index contributed by atoms with van der Waals surface area (Å²) >= 11 is 0. The van der Waals surface area contributed by atoms with Crippen molar-refractivity contribution >= 4 is 5.91 Å².